The summed E-state index contributed by atoms with van der Waals surface area (Å²) in [7, 11) is 1.25. The number of carbonyl (C=O) groups is 2. The lowest BCUT2D eigenvalue weighted by Gasteiger charge is -2.37. The molecule has 0 spiro atoms. The lowest BCUT2D eigenvalue weighted by atomic mass is 9.77. The molecule has 0 aliphatic heterocycles. The van der Waals surface area contributed by atoms with E-state index in [1.807, 2.05) is 91.0 Å². The summed E-state index contributed by atoms with van der Waals surface area (Å²) in [4.78, 5) is 24.7. The number of hydrogen-bond acceptors (Lipinski definition) is 4. The van der Waals surface area contributed by atoms with Crippen LogP contribution in [0.25, 0.3) is 0 Å². The van der Waals surface area contributed by atoms with Crippen molar-refractivity contribution < 1.29 is 14.3 Å². The molecule has 0 bridgehead atoms. The molecule has 0 heterocycles. The fourth-order valence-corrected chi connectivity index (χ4v) is 3.48. The molecule has 0 saturated carbocycles. The highest BCUT2D eigenvalue weighted by Gasteiger charge is 2.38. The second-order valence-corrected chi connectivity index (χ2v) is 6.73. The van der Waals surface area contributed by atoms with E-state index in [4.69, 9.17) is 5.73 Å². The van der Waals surface area contributed by atoms with Crippen LogP contribution in [0.4, 0.5) is 0 Å². The van der Waals surface area contributed by atoms with E-state index in [0.717, 1.165) is 16.7 Å². The summed E-state index contributed by atoms with van der Waals surface area (Å²) in [5.41, 5.74) is 7.60. The van der Waals surface area contributed by atoms with Crippen LogP contribution in [-0.2, 0) is 19.9 Å². The van der Waals surface area contributed by atoms with E-state index in [9.17, 15) is 9.59 Å². The highest BCUT2D eigenvalue weighted by molar-refractivity contribution is 5.86. The minimum Gasteiger partial charge on any atom is -0.468 e. The molecule has 3 N–H and O–H groups in total. The van der Waals surface area contributed by atoms with Gasteiger partial charge in [0.2, 0.25) is 5.91 Å². The molecule has 0 aliphatic carbocycles. The monoisotopic (exact) mass is 388 g/mol. The molecule has 148 valence electrons. The van der Waals surface area contributed by atoms with Gasteiger partial charge >= 0.3 is 5.97 Å². The number of carbonyl (C=O) groups excluding carboxylic acids is 2. The fourth-order valence-electron chi connectivity index (χ4n) is 3.48. The van der Waals surface area contributed by atoms with Crippen molar-refractivity contribution in [3.05, 3.63) is 108 Å². The standard InChI is InChI=1S/C24H24N2O3/c1-29-23(28)21(25)17-22(27)26-24(18-11-5-2-6-12-18,19-13-7-3-8-14-19)20-15-9-4-10-16-20/h2-16,21H,17,25H2,1H3,(H,26,27). The molecule has 1 atom stereocenters. The zero-order valence-corrected chi connectivity index (χ0v) is 16.2. The second kappa shape index (κ2) is 9.17. The number of amides is 1. The maximum absolute atomic E-state index is 13.0. The molecule has 5 heteroatoms. The van der Waals surface area contributed by atoms with Crippen molar-refractivity contribution in [1.29, 1.82) is 0 Å². The van der Waals surface area contributed by atoms with Crippen LogP contribution in [0.3, 0.4) is 0 Å². The van der Waals surface area contributed by atoms with Crippen molar-refractivity contribution in [1.82, 2.24) is 5.32 Å². The number of ether oxygens (including phenoxy) is 1. The third-order valence-electron chi connectivity index (χ3n) is 4.86. The van der Waals surface area contributed by atoms with Crippen LogP contribution in [0.15, 0.2) is 91.0 Å². The van der Waals surface area contributed by atoms with Crippen molar-refractivity contribution in [3.63, 3.8) is 0 Å². The molecule has 0 fully saturated rings. The molecule has 5 nitrogen and oxygen atoms in total. The summed E-state index contributed by atoms with van der Waals surface area (Å²) < 4.78 is 4.65. The molecule has 1 unspecified atom stereocenters. The van der Waals surface area contributed by atoms with E-state index in [1.165, 1.54) is 7.11 Å². The molecule has 0 aromatic heterocycles. The Morgan fingerprint density at radius 2 is 1.21 bits per heavy atom. The molecular weight excluding hydrogens is 364 g/mol. The maximum atomic E-state index is 13.0. The predicted molar refractivity (Wildman–Crippen MR) is 112 cm³/mol. The van der Waals surface area contributed by atoms with E-state index < -0.39 is 17.6 Å². The Bertz CT molecular complexity index is 847. The topological polar surface area (TPSA) is 81.4 Å². The number of esters is 1. The van der Waals surface area contributed by atoms with Gasteiger partial charge in [0.15, 0.2) is 0 Å². The number of rotatable bonds is 7. The Labute approximate surface area is 170 Å². The smallest absolute Gasteiger partial charge is 0.323 e. The van der Waals surface area contributed by atoms with Crippen LogP contribution in [-0.4, -0.2) is 25.0 Å². The maximum Gasteiger partial charge on any atom is 0.323 e. The molecule has 1 amide bonds. The fraction of sp³-hybridized carbons (Fsp3) is 0.167. The number of nitrogens with two attached hydrogens (primary N) is 1. The van der Waals surface area contributed by atoms with Crippen molar-refractivity contribution in [3.8, 4) is 0 Å². The lowest BCUT2D eigenvalue weighted by Crippen LogP contribution is -2.49. The van der Waals surface area contributed by atoms with Crippen molar-refractivity contribution in [2.45, 2.75) is 18.0 Å². The van der Waals surface area contributed by atoms with E-state index in [2.05, 4.69) is 10.1 Å². The zero-order valence-electron chi connectivity index (χ0n) is 16.2. The average Bonchev–Trinajstić information content (AvgIpc) is 2.78. The Morgan fingerprint density at radius 3 is 1.55 bits per heavy atom. The van der Waals surface area contributed by atoms with E-state index in [-0.39, 0.29) is 12.3 Å². The number of hydrogen-bond donors (Lipinski definition) is 2. The summed E-state index contributed by atoms with van der Waals surface area (Å²) in [6.07, 6.45) is -0.180. The van der Waals surface area contributed by atoms with Gasteiger partial charge in [0, 0.05) is 0 Å². The number of benzene rings is 3. The van der Waals surface area contributed by atoms with E-state index in [0.29, 0.717) is 0 Å². The molecular formula is C24H24N2O3. The van der Waals surface area contributed by atoms with Crippen molar-refractivity contribution in [2.24, 2.45) is 5.73 Å². The van der Waals surface area contributed by atoms with Crippen LogP contribution in [0.2, 0.25) is 0 Å². The highest BCUT2D eigenvalue weighted by atomic mass is 16.5. The first-order valence-corrected chi connectivity index (χ1v) is 9.39. The summed E-state index contributed by atoms with van der Waals surface area (Å²) in [5, 5.41) is 3.16. The van der Waals surface area contributed by atoms with Crippen molar-refractivity contribution in [2.75, 3.05) is 7.11 Å². The highest BCUT2D eigenvalue weighted by Crippen LogP contribution is 2.36. The third-order valence-corrected chi connectivity index (χ3v) is 4.86. The van der Waals surface area contributed by atoms with Crippen LogP contribution >= 0.6 is 0 Å². The molecule has 29 heavy (non-hydrogen) atoms. The summed E-state index contributed by atoms with van der Waals surface area (Å²) in [6, 6.07) is 28.2. The molecule has 0 saturated heterocycles. The van der Waals surface area contributed by atoms with Crippen LogP contribution in [0.5, 0.6) is 0 Å². The summed E-state index contributed by atoms with van der Waals surface area (Å²) >= 11 is 0. The summed E-state index contributed by atoms with van der Waals surface area (Å²) in [6.45, 7) is 0. The first-order valence-electron chi connectivity index (χ1n) is 9.39. The largest absolute Gasteiger partial charge is 0.468 e. The molecule has 3 aromatic carbocycles. The minimum absolute atomic E-state index is 0.180. The predicted octanol–water partition coefficient (Wildman–Crippen LogP) is 2.99. The van der Waals surface area contributed by atoms with Crippen LogP contribution in [0, 0.1) is 0 Å². The Hall–Kier alpha value is -3.44. The van der Waals surface area contributed by atoms with Gasteiger partial charge in [-0.2, -0.15) is 0 Å². The van der Waals surface area contributed by atoms with Gasteiger partial charge in [0.05, 0.1) is 13.5 Å². The van der Waals surface area contributed by atoms with E-state index >= 15 is 0 Å². The van der Waals surface area contributed by atoms with Gasteiger partial charge in [-0.3, -0.25) is 9.59 Å². The average molecular weight is 388 g/mol. The SMILES string of the molecule is COC(=O)C(N)CC(=O)NC(c1ccccc1)(c1ccccc1)c1ccccc1. The van der Waals surface area contributed by atoms with Crippen LogP contribution in [0.1, 0.15) is 23.1 Å². The lowest BCUT2D eigenvalue weighted by molar-refractivity contribution is -0.143. The second-order valence-electron chi connectivity index (χ2n) is 6.73. The molecule has 0 radical (unpaired) electrons. The van der Waals surface area contributed by atoms with Crippen LogP contribution < -0.4 is 11.1 Å². The van der Waals surface area contributed by atoms with Gasteiger partial charge in [0.25, 0.3) is 0 Å². The van der Waals surface area contributed by atoms with E-state index in [1.54, 1.807) is 0 Å². The van der Waals surface area contributed by atoms with Gasteiger partial charge in [-0.1, -0.05) is 91.0 Å². The van der Waals surface area contributed by atoms with Gasteiger partial charge in [0.1, 0.15) is 11.6 Å². The van der Waals surface area contributed by atoms with Gasteiger partial charge in [-0.25, -0.2) is 0 Å². The van der Waals surface area contributed by atoms with Crippen molar-refractivity contribution >= 4 is 11.9 Å². The number of methoxy groups -OCH3 is 1. The zero-order chi connectivity index (χ0) is 20.7. The Kier molecular flexibility index (Phi) is 6.42. The molecule has 3 aromatic rings. The molecule has 0 aliphatic rings. The quantitative estimate of drug-likeness (QED) is 0.482. The van der Waals surface area contributed by atoms with Gasteiger partial charge in [-0.15, -0.1) is 0 Å². The van der Waals surface area contributed by atoms with Gasteiger partial charge < -0.3 is 15.8 Å². The Balaban J connectivity index is 2.12. The van der Waals surface area contributed by atoms with Gasteiger partial charge in [-0.05, 0) is 16.7 Å². The normalized spacial score (nSPS) is 12.1. The minimum atomic E-state index is -1.03. The third kappa shape index (κ3) is 4.36. The first kappa shape index (κ1) is 20.3. The first-order chi connectivity index (χ1) is 14.1. The number of nitrogens with one attached hydrogen (secondary N) is 1. The Morgan fingerprint density at radius 1 is 0.828 bits per heavy atom. The molecule has 3 rings (SSSR count). The summed E-state index contributed by atoms with van der Waals surface area (Å²) in [5.74, 6) is -0.968.